The first-order chi connectivity index (χ1) is 12.1. The summed E-state index contributed by atoms with van der Waals surface area (Å²) < 4.78 is 5.83. The van der Waals surface area contributed by atoms with Gasteiger partial charge in [0.05, 0.1) is 12.1 Å². The third-order valence-electron chi connectivity index (χ3n) is 4.90. The van der Waals surface area contributed by atoms with Crippen molar-refractivity contribution in [3.05, 3.63) is 35.5 Å². The molecule has 1 saturated heterocycles. The lowest BCUT2D eigenvalue weighted by molar-refractivity contribution is 0.0283. The molecule has 2 heterocycles. The molecule has 1 atom stereocenters. The van der Waals surface area contributed by atoms with Crippen molar-refractivity contribution in [2.75, 3.05) is 26.2 Å². The number of hydrogen-bond acceptors (Lipinski definition) is 2. The summed E-state index contributed by atoms with van der Waals surface area (Å²) in [5.41, 5.74) is 3.78. The van der Waals surface area contributed by atoms with E-state index in [0.717, 1.165) is 44.9 Å². The van der Waals surface area contributed by atoms with Crippen LogP contribution in [0.2, 0.25) is 0 Å². The van der Waals surface area contributed by atoms with Gasteiger partial charge in [-0.3, -0.25) is 4.99 Å². The molecule has 136 valence electrons. The average Bonchev–Trinajstić information content (AvgIpc) is 3.21. The van der Waals surface area contributed by atoms with Gasteiger partial charge in [-0.25, -0.2) is 0 Å². The maximum absolute atomic E-state index is 5.83. The lowest BCUT2D eigenvalue weighted by Gasteiger charge is -2.21. The standard InChI is InChI=1S/C20H30N4O/c1-4-21-19(24-14-20(3)10-6-12-25-20)22-11-9-16-13-23-17-8-5-7-15(2)18(16)17/h5,7-8,13,23H,4,6,9-12,14H2,1-3H3,(H2,21,22,24). The van der Waals surface area contributed by atoms with E-state index in [2.05, 4.69) is 60.8 Å². The van der Waals surface area contributed by atoms with Gasteiger partial charge in [-0.2, -0.15) is 0 Å². The Bertz CT molecular complexity index is 728. The number of nitrogens with one attached hydrogen (secondary N) is 3. The average molecular weight is 342 g/mol. The van der Waals surface area contributed by atoms with Crippen LogP contribution >= 0.6 is 0 Å². The fourth-order valence-electron chi connectivity index (χ4n) is 3.51. The highest BCUT2D eigenvalue weighted by atomic mass is 16.5. The van der Waals surface area contributed by atoms with Crippen LogP contribution in [-0.2, 0) is 11.2 Å². The van der Waals surface area contributed by atoms with E-state index in [1.165, 1.54) is 22.0 Å². The maximum atomic E-state index is 5.83. The molecule has 0 bridgehead atoms. The summed E-state index contributed by atoms with van der Waals surface area (Å²) in [5, 5.41) is 8.13. The second-order valence-electron chi connectivity index (χ2n) is 7.09. The minimum atomic E-state index is -0.101. The molecule has 3 N–H and O–H groups in total. The molecule has 0 aliphatic carbocycles. The number of aromatic nitrogens is 1. The molecule has 0 radical (unpaired) electrons. The summed E-state index contributed by atoms with van der Waals surface area (Å²) in [5.74, 6) is 0.871. The van der Waals surface area contributed by atoms with Gasteiger partial charge in [0.15, 0.2) is 5.96 Å². The minimum Gasteiger partial charge on any atom is -0.373 e. The Balaban J connectivity index is 1.59. The van der Waals surface area contributed by atoms with Crippen molar-refractivity contribution in [2.24, 2.45) is 4.99 Å². The number of H-pyrrole nitrogens is 1. The van der Waals surface area contributed by atoms with Crippen LogP contribution in [0.1, 0.15) is 37.8 Å². The molecule has 1 aliphatic rings. The van der Waals surface area contributed by atoms with Crippen molar-refractivity contribution in [3.63, 3.8) is 0 Å². The first-order valence-corrected chi connectivity index (χ1v) is 9.33. The summed E-state index contributed by atoms with van der Waals surface area (Å²) in [4.78, 5) is 8.10. The van der Waals surface area contributed by atoms with Gasteiger partial charge in [0.25, 0.3) is 0 Å². The lowest BCUT2D eigenvalue weighted by Crippen LogP contribution is -2.40. The molecule has 5 heteroatoms. The zero-order chi connectivity index (χ0) is 17.7. The molecule has 1 aliphatic heterocycles. The van der Waals surface area contributed by atoms with Crippen LogP contribution in [0.15, 0.2) is 29.4 Å². The highest BCUT2D eigenvalue weighted by Crippen LogP contribution is 2.25. The number of aliphatic imine (C=N–C) groups is 1. The SMILES string of the molecule is CCNC(=NCC1(C)CCCO1)NCCc1c[nH]c2cccc(C)c12. The summed E-state index contributed by atoms with van der Waals surface area (Å²) in [6.07, 6.45) is 5.31. The number of aromatic amines is 1. The second-order valence-corrected chi connectivity index (χ2v) is 7.09. The smallest absolute Gasteiger partial charge is 0.191 e. The van der Waals surface area contributed by atoms with Gasteiger partial charge in [-0.1, -0.05) is 12.1 Å². The molecule has 1 fully saturated rings. The highest BCUT2D eigenvalue weighted by Gasteiger charge is 2.29. The largest absolute Gasteiger partial charge is 0.373 e. The molecule has 1 aromatic heterocycles. The van der Waals surface area contributed by atoms with E-state index in [0.29, 0.717) is 6.54 Å². The van der Waals surface area contributed by atoms with Crippen LogP contribution in [0.4, 0.5) is 0 Å². The molecule has 0 saturated carbocycles. The number of benzene rings is 1. The van der Waals surface area contributed by atoms with Gasteiger partial charge in [0, 0.05) is 36.8 Å². The van der Waals surface area contributed by atoms with E-state index in [1.807, 2.05) is 0 Å². The number of fused-ring (bicyclic) bond motifs is 1. The van der Waals surface area contributed by atoms with Crippen molar-refractivity contribution in [2.45, 2.75) is 45.6 Å². The Morgan fingerprint density at radius 2 is 2.24 bits per heavy atom. The Morgan fingerprint density at radius 1 is 1.36 bits per heavy atom. The van der Waals surface area contributed by atoms with Gasteiger partial charge < -0.3 is 20.4 Å². The van der Waals surface area contributed by atoms with Gasteiger partial charge in [-0.15, -0.1) is 0 Å². The zero-order valence-corrected chi connectivity index (χ0v) is 15.6. The third-order valence-corrected chi connectivity index (χ3v) is 4.90. The van der Waals surface area contributed by atoms with Crippen molar-refractivity contribution in [1.29, 1.82) is 0 Å². The number of rotatable bonds is 6. The normalized spacial score (nSPS) is 21.0. The summed E-state index contributed by atoms with van der Waals surface area (Å²) in [6, 6.07) is 6.39. The van der Waals surface area contributed by atoms with Crippen molar-refractivity contribution < 1.29 is 4.74 Å². The van der Waals surface area contributed by atoms with Crippen molar-refractivity contribution in [1.82, 2.24) is 15.6 Å². The molecule has 2 aromatic rings. The molecule has 0 spiro atoms. The van der Waals surface area contributed by atoms with Crippen LogP contribution in [-0.4, -0.2) is 42.8 Å². The Hall–Kier alpha value is -2.01. The van der Waals surface area contributed by atoms with Crippen LogP contribution < -0.4 is 10.6 Å². The lowest BCUT2D eigenvalue weighted by atomic mass is 10.0. The summed E-state index contributed by atoms with van der Waals surface area (Å²) in [7, 11) is 0. The van der Waals surface area contributed by atoms with Crippen LogP contribution in [0, 0.1) is 6.92 Å². The number of ether oxygens (including phenoxy) is 1. The molecule has 5 nitrogen and oxygen atoms in total. The van der Waals surface area contributed by atoms with E-state index in [4.69, 9.17) is 9.73 Å². The zero-order valence-electron chi connectivity index (χ0n) is 15.6. The van der Waals surface area contributed by atoms with Crippen molar-refractivity contribution in [3.8, 4) is 0 Å². The second kappa shape index (κ2) is 7.91. The number of nitrogens with zero attached hydrogens (tertiary/aromatic N) is 1. The highest BCUT2D eigenvalue weighted by molar-refractivity contribution is 5.86. The fraction of sp³-hybridized carbons (Fsp3) is 0.550. The van der Waals surface area contributed by atoms with Crippen LogP contribution in [0.25, 0.3) is 10.9 Å². The topological polar surface area (TPSA) is 61.4 Å². The van der Waals surface area contributed by atoms with E-state index in [9.17, 15) is 0 Å². The Labute approximate surface area is 150 Å². The monoisotopic (exact) mass is 342 g/mol. The first-order valence-electron chi connectivity index (χ1n) is 9.33. The van der Waals surface area contributed by atoms with Crippen molar-refractivity contribution >= 4 is 16.9 Å². The van der Waals surface area contributed by atoms with Crippen LogP contribution in [0.5, 0.6) is 0 Å². The number of guanidine groups is 1. The molecule has 25 heavy (non-hydrogen) atoms. The third kappa shape index (κ3) is 4.34. The number of hydrogen-bond donors (Lipinski definition) is 3. The van der Waals surface area contributed by atoms with Gasteiger partial charge >= 0.3 is 0 Å². The van der Waals surface area contributed by atoms with E-state index < -0.39 is 0 Å². The van der Waals surface area contributed by atoms with E-state index in [-0.39, 0.29) is 5.60 Å². The molecule has 0 amide bonds. The summed E-state index contributed by atoms with van der Waals surface area (Å²) in [6.45, 7) is 9.68. The Kier molecular flexibility index (Phi) is 5.63. The van der Waals surface area contributed by atoms with Gasteiger partial charge in [-0.05, 0) is 57.2 Å². The van der Waals surface area contributed by atoms with Crippen LogP contribution in [0.3, 0.4) is 0 Å². The molecule has 1 aromatic carbocycles. The maximum Gasteiger partial charge on any atom is 0.191 e. The van der Waals surface area contributed by atoms with E-state index in [1.54, 1.807) is 0 Å². The minimum absolute atomic E-state index is 0.101. The molecule has 1 unspecified atom stereocenters. The fourth-order valence-corrected chi connectivity index (χ4v) is 3.51. The van der Waals surface area contributed by atoms with Gasteiger partial charge in [0.2, 0.25) is 0 Å². The summed E-state index contributed by atoms with van der Waals surface area (Å²) >= 11 is 0. The Morgan fingerprint density at radius 3 is 3.00 bits per heavy atom. The molecule has 3 rings (SSSR count). The quantitative estimate of drug-likeness (QED) is 0.558. The van der Waals surface area contributed by atoms with Gasteiger partial charge in [0.1, 0.15) is 0 Å². The first kappa shape index (κ1) is 17.8. The molecular formula is C20H30N4O. The predicted molar refractivity (Wildman–Crippen MR) is 104 cm³/mol. The van der Waals surface area contributed by atoms with E-state index >= 15 is 0 Å². The molecular weight excluding hydrogens is 312 g/mol. The predicted octanol–water partition coefficient (Wildman–Crippen LogP) is 3.14. The number of aryl methyl sites for hydroxylation is 1.